The van der Waals surface area contributed by atoms with Gasteiger partial charge in [0.1, 0.15) is 15.7 Å². The van der Waals surface area contributed by atoms with E-state index < -0.39 is 5.54 Å². The van der Waals surface area contributed by atoms with Gasteiger partial charge in [-0.25, -0.2) is 9.97 Å². The van der Waals surface area contributed by atoms with Gasteiger partial charge >= 0.3 is 0 Å². The van der Waals surface area contributed by atoms with Crippen molar-refractivity contribution in [3.05, 3.63) is 45.9 Å². The molecule has 0 aromatic carbocycles. The SMILES string of the molecule is NC1=CC=CC(N)(c2nc(-c3nccs3)cs2)C1. The van der Waals surface area contributed by atoms with Gasteiger partial charge in [0.15, 0.2) is 0 Å². The molecule has 3 rings (SSSR count). The molecule has 2 heterocycles. The van der Waals surface area contributed by atoms with Crippen molar-refractivity contribution in [2.75, 3.05) is 0 Å². The van der Waals surface area contributed by atoms with Gasteiger partial charge in [-0.05, 0) is 6.08 Å². The summed E-state index contributed by atoms with van der Waals surface area (Å²) < 4.78 is 0. The highest BCUT2D eigenvalue weighted by atomic mass is 32.1. The third-order valence-electron chi connectivity index (χ3n) is 2.75. The topological polar surface area (TPSA) is 77.8 Å². The zero-order valence-corrected chi connectivity index (χ0v) is 11.2. The predicted octanol–water partition coefficient (Wildman–Crippen LogP) is 2.22. The van der Waals surface area contributed by atoms with E-state index in [0.717, 1.165) is 21.4 Å². The number of hydrogen-bond donors (Lipinski definition) is 2. The van der Waals surface area contributed by atoms with Gasteiger partial charge in [-0.2, -0.15) is 0 Å². The molecule has 1 aliphatic rings. The molecular weight excluding hydrogens is 264 g/mol. The Hall–Kier alpha value is -1.50. The lowest BCUT2D eigenvalue weighted by Crippen LogP contribution is -2.37. The molecule has 0 bridgehead atoms. The van der Waals surface area contributed by atoms with Gasteiger partial charge in [0.2, 0.25) is 0 Å². The Kier molecular flexibility index (Phi) is 2.77. The van der Waals surface area contributed by atoms with Crippen molar-refractivity contribution < 1.29 is 0 Å². The van der Waals surface area contributed by atoms with Crippen LogP contribution in [0, 0.1) is 0 Å². The van der Waals surface area contributed by atoms with Crippen LogP contribution in [-0.4, -0.2) is 9.97 Å². The third kappa shape index (κ3) is 1.98. The van der Waals surface area contributed by atoms with Crippen LogP contribution in [-0.2, 0) is 5.54 Å². The molecule has 6 heteroatoms. The maximum atomic E-state index is 6.36. The van der Waals surface area contributed by atoms with Gasteiger partial charge in [-0.15, -0.1) is 22.7 Å². The Labute approximate surface area is 113 Å². The quantitative estimate of drug-likeness (QED) is 0.881. The molecule has 2 aromatic heterocycles. The van der Waals surface area contributed by atoms with Crippen molar-refractivity contribution in [3.8, 4) is 10.7 Å². The predicted molar refractivity (Wildman–Crippen MR) is 75.1 cm³/mol. The third-order valence-corrected chi connectivity index (χ3v) is 4.59. The summed E-state index contributed by atoms with van der Waals surface area (Å²) in [6.45, 7) is 0. The van der Waals surface area contributed by atoms with Gasteiger partial charge in [0.05, 0.1) is 5.54 Å². The average Bonchev–Trinajstić information content (AvgIpc) is 3.00. The molecule has 0 amide bonds. The molecule has 0 radical (unpaired) electrons. The second-order valence-corrected chi connectivity index (χ2v) is 5.95. The van der Waals surface area contributed by atoms with Crippen LogP contribution in [0.5, 0.6) is 0 Å². The molecule has 92 valence electrons. The Morgan fingerprint density at radius 3 is 2.94 bits per heavy atom. The largest absolute Gasteiger partial charge is 0.402 e. The van der Waals surface area contributed by atoms with E-state index in [1.807, 2.05) is 29.0 Å². The number of nitrogens with two attached hydrogens (primary N) is 2. The Bertz CT molecular complexity index is 612. The maximum absolute atomic E-state index is 6.36. The van der Waals surface area contributed by atoms with Gasteiger partial charge < -0.3 is 11.5 Å². The minimum Gasteiger partial charge on any atom is -0.402 e. The van der Waals surface area contributed by atoms with Crippen molar-refractivity contribution in [1.82, 2.24) is 9.97 Å². The van der Waals surface area contributed by atoms with Crippen molar-refractivity contribution in [2.45, 2.75) is 12.0 Å². The number of hydrogen-bond acceptors (Lipinski definition) is 6. The molecule has 0 fully saturated rings. The molecule has 4 nitrogen and oxygen atoms in total. The van der Waals surface area contributed by atoms with E-state index in [1.54, 1.807) is 28.9 Å². The number of nitrogens with zero attached hydrogens (tertiary/aromatic N) is 2. The van der Waals surface area contributed by atoms with Crippen LogP contribution >= 0.6 is 22.7 Å². The Morgan fingerprint density at radius 2 is 2.22 bits per heavy atom. The number of rotatable bonds is 2. The Morgan fingerprint density at radius 1 is 1.33 bits per heavy atom. The van der Waals surface area contributed by atoms with E-state index in [1.165, 1.54) is 0 Å². The monoisotopic (exact) mass is 276 g/mol. The lowest BCUT2D eigenvalue weighted by atomic mass is 9.91. The van der Waals surface area contributed by atoms with Crippen molar-refractivity contribution in [1.29, 1.82) is 0 Å². The number of aromatic nitrogens is 2. The van der Waals surface area contributed by atoms with Crippen LogP contribution in [0.1, 0.15) is 11.4 Å². The molecular formula is C12H12N4S2. The van der Waals surface area contributed by atoms with E-state index in [4.69, 9.17) is 11.5 Å². The van der Waals surface area contributed by atoms with Gasteiger partial charge in [0, 0.05) is 29.1 Å². The summed E-state index contributed by atoms with van der Waals surface area (Å²) in [7, 11) is 0. The van der Waals surface area contributed by atoms with Crippen molar-refractivity contribution in [2.24, 2.45) is 11.5 Å². The summed E-state index contributed by atoms with van der Waals surface area (Å²) in [6, 6.07) is 0. The fourth-order valence-electron chi connectivity index (χ4n) is 1.88. The fourth-order valence-corrected chi connectivity index (χ4v) is 3.45. The van der Waals surface area contributed by atoms with Gasteiger partial charge in [-0.1, -0.05) is 12.2 Å². The highest BCUT2D eigenvalue weighted by Gasteiger charge is 2.30. The second-order valence-electron chi connectivity index (χ2n) is 4.19. The van der Waals surface area contributed by atoms with Crippen LogP contribution in [0.4, 0.5) is 0 Å². The smallest absolute Gasteiger partial charge is 0.142 e. The number of allylic oxidation sites excluding steroid dienone is 2. The zero-order chi connectivity index (χ0) is 12.6. The highest BCUT2D eigenvalue weighted by Crippen LogP contribution is 2.33. The van der Waals surface area contributed by atoms with E-state index in [-0.39, 0.29) is 0 Å². The minimum atomic E-state index is -0.584. The molecule has 0 aliphatic heterocycles. The summed E-state index contributed by atoms with van der Waals surface area (Å²) in [5.41, 5.74) is 13.3. The molecule has 4 N–H and O–H groups in total. The molecule has 0 saturated heterocycles. The number of thiazole rings is 2. The van der Waals surface area contributed by atoms with Crippen LogP contribution in [0.15, 0.2) is 40.9 Å². The first-order valence-corrected chi connectivity index (χ1v) is 7.22. The molecule has 1 unspecified atom stereocenters. The molecule has 2 aromatic rings. The summed E-state index contributed by atoms with van der Waals surface area (Å²) in [5, 5.41) is 5.73. The van der Waals surface area contributed by atoms with Crippen LogP contribution in [0.25, 0.3) is 10.7 Å². The van der Waals surface area contributed by atoms with Crippen LogP contribution < -0.4 is 11.5 Å². The van der Waals surface area contributed by atoms with E-state index in [2.05, 4.69) is 9.97 Å². The summed E-state index contributed by atoms with van der Waals surface area (Å²) in [6.07, 6.45) is 8.10. The Balaban J connectivity index is 1.94. The van der Waals surface area contributed by atoms with Crippen molar-refractivity contribution in [3.63, 3.8) is 0 Å². The van der Waals surface area contributed by atoms with E-state index >= 15 is 0 Å². The fraction of sp³-hybridized carbons (Fsp3) is 0.167. The van der Waals surface area contributed by atoms with Gasteiger partial charge in [-0.3, -0.25) is 0 Å². The van der Waals surface area contributed by atoms with E-state index in [9.17, 15) is 0 Å². The first-order valence-electron chi connectivity index (χ1n) is 5.46. The highest BCUT2D eigenvalue weighted by molar-refractivity contribution is 7.14. The zero-order valence-electron chi connectivity index (χ0n) is 9.54. The van der Waals surface area contributed by atoms with Crippen LogP contribution in [0.2, 0.25) is 0 Å². The van der Waals surface area contributed by atoms with Gasteiger partial charge in [0.25, 0.3) is 0 Å². The first-order chi connectivity index (χ1) is 8.67. The minimum absolute atomic E-state index is 0.584. The average molecular weight is 276 g/mol. The summed E-state index contributed by atoms with van der Waals surface area (Å²) in [4.78, 5) is 8.84. The molecule has 1 aliphatic carbocycles. The maximum Gasteiger partial charge on any atom is 0.142 e. The van der Waals surface area contributed by atoms with E-state index in [0.29, 0.717) is 6.42 Å². The molecule has 1 atom stereocenters. The molecule has 0 saturated carbocycles. The summed E-state index contributed by atoms with van der Waals surface area (Å²) in [5.74, 6) is 0. The normalized spacial score (nSPS) is 23.1. The summed E-state index contributed by atoms with van der Waals surface area (Å²) >= 11 is 3.13. The molecule has 18 heavy (non-hydrogen) atoms. The van der Waals surface area contributed by atoms with Crippen molar-refractivity contribution >= 4 is 22.7 Å². The van der Waals surface area contributed by atoms with Crippen LogP contribution in [0.3, 0.4) is 0 Å². The standard InChI is InChI=1S/C12H12N4S2/c13-8-2-1-3-12(14,6-8)11-16-9(7-18-11)10-15-4-5-17-10/h1-5,7H,6,13-14H2. The lowest BCUT2D eigenvalue weighted by molar-refractivity contribution is 0.542. The first kappa shape index (κ1) is 11.6. The lowest BCUT2D eigenvalue weighted by Gasteiger charge is -2.25. The molecule has 0 spiro atoms. The second kappa shape index (κ2) is 4.31.